The molecule has 0 radical (unpaired) electrons. The first-order valence-corrected chi connectivity index (χ1v) is 11.6. The van der Waals surface area contributed by atoms with Gasteiger partial charge in [-0.15, -0.1) is 5.10 Å². The second-order valence-corrected chi connectivity index (χ2v) is 9.09. The molecule has 0 saturated carbocycles. The third kappa shape index (κ3) is 4.10. The van der Waals surface area contributed by atoms with E-state index in [1.54, 1.807) is 6.07 Å². The summed E-state index contributed by atoms with van der Waals surface area (Å²) in [4.78, 5) is 19.7. The van der Waals surface area contributed by atoms with E-state index in [9.17, 15) is 4.79 Å². The largest absolute Gasteiger partial charge is 0.490 e. The van der Waals surface area contributed by atoms with Crippen molar-refractivity contribution in [3.05, 3.63) is 51.4 Å². The fourth-order valence-electron chi connectivity index (χ4n) is 4.41. The van der Waals surface area contributed by atoms with E-state index in [0.717, 1.165) is 65.8 Å². The molecule has 0 bridgehead atoms. The summed E-state index contributed by atoms with van der Waals surface area (Å²) >= 11 is 0. The van der Waals surface area contributed by atoms with E-state index < -0.39 is 0 Å². The number of rotatable bonds is 4. The van der Waals surface area contributed by atoms with Crippen molar-refractivity contribution < 1.29 is 14.2 Å². The highest BCUT2D eigenvalue weighted by Gasteiger charge is 2.25. The first kappa shape index (κ1) is 21.6. The summed E-state index contributed by atoms with van der Waals surface area (Å²) in [5.74, 6) is 3.34. The highest BCUT2D eigenvalue weighted by molar-refractivity contribution is 5.59. The molecule has 5 rings (SSSR count). The van der Waals surface area contributed by atoms with Gasteiger partial charge in [-0.3, -0.25) is 4.79 Å². The van der Waals surface area contributed by atoms with Crippen molar-refractivity contribution in [3.8, 4) is 17.2 Å². The Morgan fingerprint density at radius 3 is 2.48 bits per heavy atom. The van der Waals surface area contributed by atoms with Crippen LogP contribution in [-0.2, 0) is 0 Å². The van der Waals surface area contributed by atoms with Crippen LogP contribution in [0.25, 0.3) is 5.65 Å². The lowest BCUT2D eigenvalue weighted by molar-refractivity contribution is 0.159. The van der Waals surface area contributed by atoms with Gasteiger partial charge in [0.05, 0.1) is 5.69 Å². The zero-order valence-electron chi connectivity index (χ0n) is 19.6. The smallest absolute Gasteiger partial charge is 0.274 e. The van der Waals surface area contributed by atoms with Crippen molar-refractivity contribution in [3.63, 3.8) is 0 Å². The van der Waals surface area contributed by atoms with Gasteiger partial charge in [0.15, 0.2) is 23.0 Å². The topological polar surface area (TPSA) is 78.2 Å². The van der Waals surface area contributed by atoms with Crippen molar-refractivity contribution >= 4 is 11.5 Å². The molecule has 2 aliphatic rings. The lowest BCUT2D eigenvalue weighted by atomic mass is 10.1. The van der Waals surface area contributed by atoms with E-state index in [1.165, 1.54) is 4.52 Å². The molecule has 0 spiro atoms. The quantitative estimate of drug-likeness (QED) is 0.600. The molecule has 0 N–H and O–H groups in total. The minimum absolute atomic E-state index is 0.114. The Hall–Kier alpha value is -3.29. The van der Waals surface area contributed by atoms with Gasteiger partial charge in [-0.25, -0.2) is 4.98 Å². The number of aromatic nitrogens is 3. The van der Waals surface area contributed by atoms with Gasteiger partial charge in [0, 0.05) is 49.2 Å². The number of ether oxygens (including phenoxy) is 3. The van der Waals surface area contributed by atoms with Crippen LogP contribution in [0.15, 0.2) is 29.1 Å². The molecule has 2 aromatic heterocycles. The van der Waals surface area contributed by atoms with Crippen molar-refractivity contribution in [1.82, 2.24) is 14.6 Å². The average molecular weight is 451 g/mol. The molecule has 4 heterocycles. The van der Waals surface area contributed by atoms with E-state index >= 15 is 0 Å². The molecular formula is C25H30N4O4. The Morgan fingerprint density at radius 1 is 1.03 bits per heavy atom. The number of hydrogen-bond acceptors (Lipinski definition) is 7. The molecule has 0 atom stereocenters. The van der Waals surface area contributed by atoms with Gasteiger partial charge in [0.1, 0.15) is 25.1 Å². The van der Waals surface area contributed by atoms with E-state index in [0.29, 0.717) is 18.9 Å². The average Bonchev–Trinajstić information content (AvgIpc) is 2.82. The van der Waals surface area contributed by atoms with E-state index in [-0.39, 0.29) is 17.6 Å². The molecule has 0 unspecified atom stereocenters. The molecule has 33 heavy (non-hydrogen) atoms. The Kier molecular flexibility index (Phi) is 5.60. The van der Waals surface area contributed by atoms with Crippen LogP contribution in [0.5, 0.6) is 17.2 Å². The Balaban J connectivity index is 1.33. The zero-order valence-corrected chi connectivity index (χ0v) is 19.6. The summed E-state index contributed by atoms with van der Waals surface area (Å²) in [6.07, 6.45) is 1.85. The summed E-state index contributed by atoms with van der Waals surface area (Å²) in [6, 6.07) is 7.34. The Morgan fingerprint density at radius 2 is 1.76 bits per heavy atom. The molecule has 174 valence electrons. The minimum atomic E-state index is -0.134. The van der Waals surface area contributed by atoms with Crippen molar-refractivity contribution in [2.24, 2.45) is 0 Å². The molecule has 1 aromatic carbocycles. The van der Waals surface area contributed by atoms with Crippen molar-refractivity contribution in [2.45, 2.75) is 52.6 Å². The molecule has 3 aromatic rings. The third-order valence-electron chi connectivity index (χ3n) is 6.49. The van der Waals surface area contributed by atoms with Crippen LogP contribution >= 0.6 is 0 Å². The summed E-state index contributed by atoms with van der Waals surface area (Å²) < 4.78 is 18.9. The Labute approximate surface area is 193 Å². The molecule has 8 heteroatoms. The van der Waals surface area contributed by atoms with Gasteiger partial charge < -0.3 is 19.1 Å². The van der Waals surface area contributed by atoms with E-state index in [1.807, 2.05) is 39.0 Å². The standard InChI is InChI=1S/C25H30N4O4/c1-15(2)20-14-23(30)29-24(26-20)16(3)17(4)25(27-29)28-9-7-18(8-10-28)33-19-5-6-21-22(13-19)32-12-11-31-21/h5-6,13-15,18H,7-12H2,1-4H3. The SMILES string of the molecule is Cc1c(N2CCC(Oc3ccc4c(c3)OCCO4)CC2)nn2c(=O)cc(C(C)C)nc2c1C. The van der Waals surface area contributed by atoms with Crippen LogP contribution in [0, 0.1) is 13.8 Å². The third-order valence-corrected chi connectivity index (χ3v) is 6.49. The monoisotopic (exact) mass is 450 g/mol. The summed E-state index contributed by atoms with van der Waals surface area (Å²) in [5, 5.41) is 4.71. The maximum Gasteiger partial charge on any atom is 0.274 e. The predicted molar refractivity (Wildman–Crippen MR) is 126 cm³/mol. The van der Waals surface area contributed by atoms with Gasteiger partial charge >= 0.3 is 0 Å². The van der Waals surface area contributed by atoms with Crippen LogP contribution in [0.4, 0.5) is 5.82 Å². The molecule has 8 nitrogen and oxygen atoms in total. The first-order chi connectivity index (χ1) is 15.9. The lowest BCUT2D eigenvalue weighted by Gasteiger charge is -2.34. The number of hydrogen-bond donors (Lipinski definition) is 0. The lowest BCUT2D eigenvalue weighted by Crippen LogP contribution is -2.39. The van der Waals surface area contributed by atoms with Crippen molar-refractivity contribution in [1.29, 1.82) is 0 Å². The minimum Gasteiger partial charge on any atom is -0.490 e. The number of aryl methyl sites for hydroxylation is 1. The molecule has 2 aliphatic heterocycles. The highest BCUT2D eigenvalue weighted by Crippen LogP contribution is 2.35. The molecule has 0 aliphatic carbocycles. The van der Waals surface area contributed by atoms with Crippen LogP contribution in [0.2, 0.25) is 0 Å². The van der Waals surface area contributed by atoms with Crippen LogP contribution < -0.4 is 24.7 Å². The predicted octanol–water partition coefficient (Wildman–Crippen LogP) is 3.65. The molecule has 1 fully saturated rings. The first-order valence-electron chi connectivity index (χ1n) is 11.6. The number of piperidine rings is 1. The van der Waals surface area contributed by atoms with Gasteiger partial charge in [-0.2, -0.15) is 4.52 Å². The second-order valence-electron chi connectivity index (χ2n) is 9.09. The summed E-state index contributed by atoms with van der Waals surface area (Å²) in [7, 11) is 0. The van der Waals surface area contributed by atoms with Crippen molar-refractivity contribution in [2.75, 3.05) is 31.2 Å². The van der Waals surface area contributed by atoms with Gasteiger partial charge in [-0.1, -0.05) is 13.8 Å². The molecule has 1 saturated heterocycles. The molecule has 0 amide bonds. The number of fused-ring (bicyclic) bond motifs is 2. The Bertz CT molecular complexity index is 1250. The number of anilines is 1. The van der Waals surface area contributed by atoms with Crippen LogP contribution in [0.3, 0.4) is 0 Å². The van der Waals surface area contributed by atoms with Gasteiger partial charge in [0.2, 0.25) is 0 Å². The molecular weight excluding hydrogens is 420 g/mol. The maximum absolute atomic E-state index is 12.8. The fraction of sp³-hybridized carbons (Fsp3) is 0.480. The highest BCUT2D eigenvalue weighted by atomic mass is 16.6. The summed E-state index contributed by atoms with van der Waals surface area (Å²) in [6.45, 7) is 10.9. The summed E-state index contributed by atoms with van der Waals surface area (Å²) in [5.41, 5.74) is 3.37. The second kappa shape index (κ2) is 8.57. The van der Waals surface area contributed by atoms with Crippen LogP contribution in [0.1, 0.15) is 49.4 Å². The van der Waals surface area contributed by atoms with Gasteiger partial charge in [-0.05, 0) is 31.9 Å². The maximum atomic E-state index is 12.8. The normalized spacial score (nSPS) is 16.5. The van der Waals surface area contributed by atoms with E-state index in [4.69, 9.17) is 24.3 Å². The number of nitrogens with zero attached hydrogens (tertiary/aromatic N) is 4. The van der Waals surface area contributed by atoms with Gasteiger partial charge in [0.25, 0.3) is 5.56 Å². The van der Waals surface area contributed by atoms with Crippen LogP contribution in [-0.4, -0.2) is 47.0 Å². The fourth-order valence-corrected chi connectivity index (χ4v) is 4.41. The zero-order chi connectivity index (χ0) is 23.1. The number of benzene rings is 1. The van der Waals surface area contributed by atoms with E-state index in [2.05, 4.69) is 11.8 Å².